The Hall–Kier alpha value is -3.29. The lowest BCUT2D eigenvalue weighted by atomic mass is 10.2. The first kappa shape index (κ1) is 15.3. The van der Waals surface area contributed by atoms with E-state index in [4.69, 9.17) is 0 Å². The van der Waals surface area contributed by atoms with Crippen LogP contribution in [0.25, 0.3) is 17.1 Å². The molecule has 0 saturated carbocycles. The van der Waals surface area contributed by atoms with Crippen LogP contribution in [-0.4, -0.2) is 61.9 Å². The van der Waals surface area contributed by atoms with Gasteiger partial charge in [0.2, 0.25) is 5.91 Å². The minimum atomic E-state index is -0.0253. The fourth-order valence-electron chi connectivity index (χ4n) is 2.92. The maximum Gasteiger partial charge on any atom is 0.248 e. The molecule has 2 aromatic heterocycles. The lowest BCUT2D eigenvalue weighted by molar-refractivity contribution is -0.126. The molecule has 25 heavy (non-hydrogen) atoms. The van der Waals surface area contributed by atoms with Gasteiger partial charge in [0, 0.05) is 43.8 Å². The number of anilines is 1. The molecule has 1 fully saturated rings. The molecule has 0 unspecified atom stereocenters. The molecular weight excluding hydrogens is 318 g/mol. The number of carbonyl (C=O) groups is 1. The summed E-state index contributed by atoms with van der Waals surface area (Å²) < 4.78 is 1.50. The van der Waals surface area contributed by atoms with Crippen molar-refractivity contribution in [2.24, 2.45) is 0 Å². The van der Waals surface area contributed by atoms with Gasteiger partial charge in [0.15, 0.2) is 0 Å². The van der Waals surface area contributed by atoms with Crippen LogP contribution in [0.5, 0.6) is 0 Å². The minimum absolute atomic E-state index is 0.0253. The topological polar surface area (TPSA) is 80.0 Å². The number of aromatic nitrogens is 5. The first-order valence-electron chi connectivity index (χ1n) is 8.09. The maximum atomic E-state index is 12.3. The van der Waals surface area contributed by atoms with Crippen LogP contribution in [0.2, 0.25) is 0 Å². The Kier molecular flexibility index (Phi) is 4.07. The van der Waals surface area contributed by atoms with Crippen molar-refractivity contribution in [2.75, 3.05) is 31.1 Å². The number of carbonyl (C=O) groups excluding carboxylic acids is 1. The molecule has 1 aliphatic heterocycles. The predicted molar refractivity (Wildman–Crippen MR) is 93.7 cm³/mol. The van der Waals surface area contributed by atoms with Crippen molar-refractivity contribution in [3.05, 3.63) is 49.1 Å². The van der Waals surface area contributed by atoms with Crippen LogP contribution >= 0.6 is 0 Å². The van der Waals surface area contributed by atoms with Crippen molar-refractivity contribution < 1.29 is 4.79 Å². The second kappa shape index (κ2) is 6.68. The minimum Gasteiger partial charge on any atom is -0.352 e. The van der Waals surface area contributed by atoms with E-state index in [9.17, 15) is 4.79 Å². The van der Waals surface area contributed by atoms with Crippen molar-refractivity contribution in [2.45, 2.75) is 0 Å². The summed E-state index contributed by atoms with van der Waals surface area (Å²) in [6, 6.07) is 7.97. The van der Waals surface area contributed by atoms with Gasteiger partial charge in [-0.1, -0.05) is 17.3 Å². The fraction of sp³-hybridized carbons (Fsp3) is 0.235. The Morgan fingerprint density at radius 1 is 1.08 bits per heavy atom. The fourth-order valence-corrected chi connectivity index (χ4v) is 2.92. The number of nitrogens with zero attached hydrogens (tertiary/aromatic N) is 7. The van der Waals surface area contributed by atoms with Gasteiger partial charge in [-0.3, -0.25) is 4.79 Å². The zero-order valence-electron chi connectivity index (χ0n) is 13.6. The number of hydrogen-bond acceptors (Lipinski definition) is 6. The van der Waals surface area contributed by atoms with Crippen molar-refractivity contribution in [3.8, 4) is 0 Å². The molecule has 3 heterocycles. The molecular formula is C17H17N7O. The quantitative estimate of drug-likeness (QED) is 0.666. The zero-order valence-corrected chi connectivity index (χ0v) is 13.6. The Balaban J connectivity index is 1.43. The van der Waals surface area contributed by atoms with Gasteiger partial charge in [-0.05, 0) is 12.1 Å². The third kappa shape index (κ3) is 3.18. The van der Waals surface area contributed by atoms with Gasteiger partial charge < -0.3 is 9.80 Å². The van der Waals surface area contributed by atoms with Gasteiger partial charge in [-0.15, -0.1) is 5.10 Å². The average molecular weight is 335 g/mol. The largest absolute Gasteiger partial charge is 0.352 e. The zero-order chi connectivity index (χ0) is 17.1. The van der Waals surface area contributed by atoms with Crippen LogP contribution in [0.4, 0.5) is 5.82 Å². The maximum absolute atomic E-state index is 12.3. The Morgan fingerprint density at radius 2 is 1.92 bits per heavy atom. The van der Waals surface area contributed by atoms with E-state index in [0.717, 1.165) is 29.8 Å². The van der Waals surface area contributed by atoms with E-state index in [0.29, 0.717) is 13.1 Å². The highest BCUT2D eigenvalue weighted by Crippen LogP contribution is 2.23. The van der Waals surface area contributed by atoms with E-state index in [2.05, 4.69) is 25.2 Å². The number of para-hydroxylation sites is 1. The highest BCUT2D eigenvalue weighted by molar-refractivity contribution is 5.91. The molecule has 1 aromatic carbocycles. The van der Waals surface area contributed by atoms with Crippen LogP contribution < -0.4 is 4.90 Å². The second-order valence-corrected chi connectivity index (χ2v) is 5.73. The van der Waals surface area contributed by atoms with Crippen molar-refractivity contribution in [3.63, 3.8) is 0 Å². The van der Waals surface area contributed by atoms with E-state index in [-0.39, 0.29) is 5.91 Å². The molecule has 0 radical (unpaired) electrons. The molecule has 3 aromatic rings. The van der Waals surface area contributed by atoms with Gasteiger partial charge in [-0.25, -0.2) is 14.6 Å². The number of hydrogen-bond donors (Lipinski definition) is 0. The Labute approximate surface area is 144 Å². The van der Waals surface area contributed by atoms with E-state index < -0.39 is 0 Å². The molecule has 1 saturated heterocycles. The highest BCUT2D eigenvalue weighted by atomic mass is 16.2. The third-order valence-corrected chi connectivity index (χ3v) is 4.22. The molecule has 8 nitrogen and oxygen atoms in total. The van der Waals surface area contributed by atoms with E-state index in [1.165, 1.54) is 10.8 Å². The smallest absolute Gasteiger partial charge is 0.248 e. The summed E-state index contributed by atoms with van der Waals surface area (Å²) >= 11 is 0. The van der Waals surface area contributed by atoms with Crippen LogP contribution in [-0.2, 0) is 4.79 Å². The summed E-state index contributed by atoms with van der Waals surface area (Å²) in [6.07, 6.45) is 7.97. The van der Waals surface area contributed by atoms with Gasteiger partial charge in [0.05, 0.1) is 17.9 Å². The van der Waals surface area contributed by atoms with Crippen LogP contribution in [0, 0.1) is 0 Å². The Morgan fingerprint density at radius 3 is 2.72 bits per heavy atom. The molecule has 0 aliphatic carbocycles. The second-order valence-electron chi connectivity index (χ2n) is 5.73. The number of fused-ring (bicyclic) bond motifs is 1. The van der Waals surface area contributed by atoms with Crippen molar-refractivity contribution in [1.29, 1.82) is 0 Å². The summed E-state index contributed by atoms with van der Waals surface area (Å²) in [7, 11) is 0. The summed E-state index contributed by atoms with van der Waals surface area (Å²) in [5, 5.41) is 8.54. The Bertz CT molecular complexity index is 893. The standard InChI is InChI=1S/C17H17N7O/c25-16(5-7-24-8-6-20-21-24)22-9-11-23(12-10-22)17-14-3-1-2-4-15(14)18-13-19-17/h1-8,13H,9-12H2. The molecule has 1 amide bonds. The van der Waals surface area contributed by atoms with Gasteiger partial charge in [0.1, 0.15) is 12.1 Å². The summed E-state index contributed by atoms with van der Waals surface area (Å²) in [5.41, 5.74) is 0.932. The van der Waals surface area contributed by atoms with Crippen LogP contribution in [0.15, 0.2) is 49.1 Å². The molecule has 0 N–H and O–H groups in total. The monoisotopic (exact) mass is 335 g/mol. The molecule has 8 heteroatoms. The SMILES string of the molecule is O=C(C=Cn1ccnn1)N1CCN(c2ncnc3ccccc23)CC1. The van der Waals surface area contributed by atoms with Crippen molar-refractivity contribution in [1.82, 2.24) is 29.9 Å². The number of benzene rings is 1. The number of rotatable bonds is 3. The van der Waals surface area contributed by atoms with E-state index in [1.807, 2.05) is 29.2 Å². The van der Waals surface area contributed by atoms with Gasteiger partial charge >= 0.3 is 0 Å². The summed E-state index contributed by atoms with van der Waals surface area (Å²) in [6.45, 7) is 2.78. The normalized spacial score (nSPS) is 15.2. The van der Waals surface area contributed by atoms with Gasteiger partial charge in [0.25, 0.3) is 0 Å². The van der Waals surface area contributed by atoms with Gasteiger partial charge in [-0.2, -0.15) is 0 Å². The predicted octanol–water partition coefficient (Wildman–Crippen LogP) is 1.04. The summed E-state index contributed by atoms with van der Waals surface area (Å²) in [5.74, 6) is 0.901. The number of piperazine rings is 1. The van der Waals surface area contributed by atoms with E-state index in [1.54, 1.807) is 24.9 Å². The van der Waals surface area contributed by atoms with Crippen molar-refractivity contribution >= 4 is 28.8 Å². The third-order valence-electron chi connectivity index (χ3n) is 4.22. The van der Waals surface area contributed by atoms with E-state index >= 15 is 0 Å². The van der Waals surface area contributed by atoms with Crippen LogP contribution in [0.1, 0.15) is 0 Å². The molecule has 4 rings (SSSR count). The first-order chi connectivity index (χ1) is 12.3. The first-order valence-corrected chi connectivity index (χ1v) is 8.09. The molecule has 0 spiro atoms. The molecule has 1 aliphatic rings. The molecule has 0 bridgehead atoms. The average Bonchev–Trinajstić information content (AvgIpc) is 3.19. The highest BCUT2D eigenvalue weighted by Gasteiger charge is 2.21. The molecule has 0 atom stereocenters. The molecule has 126 valence electrons. The van der Waals surface area contributed by atoms with Crippen LogP contribution in [0.3, 0.4) is 0 Å². The number of amides is 1. The lowest BCUT2D eigenvalue weighted by Crippen LogP contribution is -2.48. The summed E-state index contributed by atoms with van der Waals surface area (Å²) in [4.78, 5) is 25.1. The lowest BCUT2D eigenvalue weighted by Gasteiger charge is -2.35.